The monoisotopic (exact) mass is 827 g/mol. The van der Waals surface area contributed by atoms with Crippen molar-refractivity contribution >= 4 is 29.9 Å². The fourth-order valence-electron chi connectivity index (χ4n) is 6.33. The Kier molecular flexibility index (Phi) is 14.1. The van der Waals surface area contributed by atoms with Crippen molar-refractivity contribution in [2.24, 2.45) is 0 Å². The van der Waals surface area contributed by atoms with Gasteiger partial charge in [0.05, 0.1) is 30.2 Å². The molecule has 1 aliphatic heterocycles. The van der Waals surface area contributed by atoms with Gasteiger partial charge in [0.15, 0.2) is 5.82 Å². The van der Waals surface area contributed by atoms with Gasteiger partial charge >= 0.3 is 18.3 Å². The molecule has 2 heterocycles. The van der Waals surface area contributed by atoms with Gasteiger partial charge in [-0.1, -0.05) is 66.4 Å². The molecule has 0 bridgehead atoms. The molecule has 1 N–H and O–H groups in total. The number of amides is 4. The topological polar surface area (TPSA) is 131 Å². The van der Waals surface area contributed by atoms with E-state index in [-0.39, 0.29) is 37.5 Å². The van der Waals surface area contributed by atoms with E-state index in [4.69, 9.17) is 14.2 Å². The molecule has 15 heteroatoms. The molecule has 4 aromatic rings. The van der Waals surface area contributed by atoms with Gasteiger partial charge in [-0.15, -0.1) is 0 Å². The number of carbonyl (C=O) groups is 4. The minimum absolute atomic E-state index is 0.0153. The molecule has 0 saturated carbocycles. The maximum absolute atomic E-state index is 15.8. The molecule has 60 heavy (non-hydrogen) atoms. The average Bonchev–Trinajstić information content (AvgIpc) is 3.18. The summed E-state index contributed by atoms with van der Waals surface area (Å²) in [6.07, 6.45) is -0.178. The lowest BCUT2D eigenvalue weighted by atomic mass is 9.83. The molecule has 0 spiro atoms. The van der Waals surface area contributed by atoms with E-state index in [0.717, 1.165) is 16.7 Å². The Morgan fingerprint density at radius 1 is 0.817 bits per heavy atom. The minimum atomic E-state index is -1.46. The number of likely N-dealkylation sites (N-methyl/N-ethyl adjacent to an activating group) is 1. The number of pyridine rings is 1. The fraction of sp³-hybridized carbons (Fsp3) is 0.356. The van der Waals surface area contributed by atoms with Gasteiger partial charge < -0.3 is 24.4 Å². The van der Waals surface area contributed by atoms with Crippen LogP contribution < -0.4 is 5.32 Å². The maximum Gasteiger partial charge on any atom is 0.411 e. The number of piperazine rings is 1. The number of benzene rings is 3. The summed E-state index contributed by atoms with van der Waals surface area (Å²) in [5.74, 6) is 1.74. The number of rotatable bonds is 8. The number of nitrogens with zero attached hydrogens (tertiary/aromatic N) is 4. The molecular weight excluding hydrogens is 780 g/mol. The van der Waals surface area contributed by atoms with Crippen LogP contribution in [0.4, 0.5) is 33.2 Å². The van der Waals surface area contributed by atoms with Crippen molar-refractivity contribution in [2.45, 2.75) is 77.4 Å². The minimum Gasteiger partial charge on any atom is -0.445 e. The van der Waals surface area contributed by atoms with E-state index in [2.05, 4.69) is 22.1 Å². The van der Waals surface area contributed by atoms with Crippen LogP contribution in [0.1, 0.15) is 69.7 Å². The van der Waals surface area contributed by atoms with Crippen LogP contribution in [0, 0.1) is 29.3 Å². The molecule has 5 rings (SSSR count). The van der Waals surface area contributed by atoms with Gasteiger partial charge in [-0.05, 0) is 82.5 Å². The van der Waals surface area contributed by atoms with Crippen molar-refractivity contribution in [3.63, 3.8) is 0 Å². The van der Waals surface area contributed by atoms with Crippen LogP contribution in [0.3, 0.4) is 0 Å². The normalized spacial score (nSPS) is 14.7. The zero-order valence-electron chi connectivity index (χ0n) is 34.5. The number of nitrogens with one attached hydrogen (secondary N) is 1. The van der Waals surface area contributed by atoms with Crippen LogP contribution in [-0.2, 0) is 25.6 Å². The molecule has 2 unspecified atom stereocenters. The zero-order chi connectivity index (χ0) is 43.8. The molecular formula is C45H48F3N5O7. The number of hydrogen-bond donors (Lipinski definition) is 1. The van der Waals surface area contributed by atoms with Crippen LogP contribution in [0.15, 0.2) is 91.3 Å². The quantitative estimate of drug-likeness (QED) is 0.139. The molecule has 2 atom stereocenters. The van der Waals surface area contributed by atoms with Gasteiger partial charge in [-0.2, -0.15) is 0 Å². The highest BCUT2D eigenvalue weighted by atomic mass is 19.1. The third-order valence-electron chi connectivity index (χ3n) is 9.13. The number of ether oxygens (including phenoxy) is 3. The largest absolute Gasteiger partial charge is 0.445 e. The van der Waals surface area contributed by atoms with Gasteiger partial charge in [0.1, 0.15) is 41.5 Å². The predicted octanol–water partition coefficient (Wildman–Crippen LogP) is 8.11. The Bertz CT molecular complexity index is 2170. The summed E-state index contributed by atoms with van der Waals surface area (Å²) >= 11 is 0. The highest BCUT2D eigenvalue weighted by Gasteiger charge is 2.39. The van der Waals surface area contributed by atoms with E-state index in [0.29, 0.717) is 11.1 Å². The Morgan fingerprint density at radius 3 is 1.97 bits per heavy atom. The number of carbonyl (C=O) groups excluding carboxylic acids is 4. The predicted molar refractivity (Wildman–Crippen MR) is 217 cm³/mol. The zero-order valence-corrected chi connectivity index (χ0v) is 34.5. The number of hydrogen-bond acceptors (Lipinski definition) is 8. The van der Waals surface area contributed by atoms with Crippen molar-refractivity contribution in [2.75, 3.05) is 32.0 Å². The summed E-state index contributed by atoms with van der Waals surface area (Å²) in [5.41, 5.74) is -0.753. The molecule has 1 fully saturated rings. The first-order valence-corrected chi connectivity index (χ1v) is 19.2. The molecule has 1 saturated heterocycles. The van der Waals surface area contributed by atoms with Crippen molar-refractivity contribution in [1.29, 1.82) is 0 Å². The molecule has 0 radical (unpaired) electrons. The molecule has 12 nitrogen and oxygen atoms in total. The molecule has 3 aromatic carbocycles. The second-order valence-corrected chi connectivity index (χ2v) is 16.1. The average molecular weight is 828 g/mol. The summed E-state index contributed by atoms with van der Waals surface area (Å²) in [7, 11) is 1.34. The Balaban J connectivity index is 1.53. The number of anilines is 1. The van der Waals surface area contributed by atoms with Crippen LogP contribution in [-0.4, -0.2) is 93.8 Å². The van der Waals surface area contributed by atoms with Crippen molar-refractivity contribution < 1.29 is 46.6 Å². The first-order valence-electron chi connectivity index (χ1n) is 19.2. The second kappa shape index (κ2) is 19.0. The van der Waals surface area contributed by atoms with Gasteiger partial charge in [0.25, 0.3) is 0 Å². The molecule has 1 aliphatic rings. The van der Waals surface area contributed by atoms with Gasteiger partial charge in [-0.25, -0.2) is 27.6 Å². The van der Waals surface area contributed by atoms with E-state index < -0.39 is 70.8 Å². The van der Waals surface area contributed by atoms with E-state index in [1.54, 1.807) is 65.8 Å². The highest BCUT2D eigenvalue weighted by molar-refractivity contribution is 5.98. The van der Waals surface area contributed by atoms with Gasteiger partial charge in [0, 0.05) is 26.1 Å². The number of halogens is 3. The van der Waals surface area contributed by atoms with E-state index in [1.807, 2.05) is 6.07 Å². The first kappa shape index (κ1) is 44.5. The van der Waals surface area contributed by atoms with Crippen molar-refractivity contribution in [3.05, 3.63) is 131 Å². The Morgan fingerprint density at radius 2 is 1.40 bits per heavy atom. The lowest BCUT2D eigenvalue weighted by Crippen LogP contribution is -2.56. The van der Waals surface area contributed by atoms with E-state index in [9.17, 15) is 28.0 Å². The molecule has 316 valence electrons. The summed E-state index contributed by atoms with van der Waals surface area (Å²) in [5, 5.41) is 2.67. The third kappa shape index (κ3) is 12.0. The molecule has 4 amide bonds. The first-order chi connectivity index (χ1) is 28.3. The standard InChI is InChI=1S/C45H48F3N5O7/c1-44(2,3)59-41(55)51(7)39(38(30-13-17-32(46)18-14-30)31-15-19-33(47)20-16-31)40(54)50-37-26-49-25-36(48)35(37)22-21-34-27-52(42(56)60-45(4,5)6)23-24-53(34)43(57)58-28-29-11-9-8-10-12-29/h8-20,25-26,34,38-39H,23-24,27-28H2,1-7H3,(H,50,54). The van der Waals surface area contributed by atoms with Gasteiger partial charge in [-0.3, -0.25) is 19.6 Å². The van der Waals surface area contributed by atoms with Crippen LogP contribution in [0.25, 0.3) is 0 Å². The van der Waals surface area contributed by atoms with E-state index in [1.165, 1.54) is 71.6 Å². The summed E-state index contributed by atoms with van der Waals surface area (Å²) in [4.78, 5) is 62.6. The third-order valence-corrected chi connectivity index (χ3v) is 9.13. The van der Waals surface area contributed by atoms with Gasteiger partial charge in [0.2, 0.25) is 5.91 Å². The van der Waals surface area contributed by atoms with E-state index >= 15 is 4.39 Å². The van der Waals surface area contributed by atoms with Crippen LogP contribution >= 0.6 is 0 Å². The summed E-state index contributed by atoms with van der Waals surface area (Å²) in [6, 6.07) is 17.1. The summed E-state index contributed by atoms with van der Waals surface area (Å²) < 4.78 is 61.0. The van der Waals surface area contributed by atoms with Crippen LogP contribution in [0.2, 0.25) is 0 Å². The second-order valence-electron chi connectivity index (χ2n) is 16.1. The van der Waals surface area contributed by atoms with Crippen molar-refractivity contribution in [3.8, 4) is 11.8 Å². The lowest BCUT2D eigenvalue weighted by Gasteiger charge is -2.38. The number of aromatic nitrogens is 1. The highest BCUT2D eigenvalue weighted by Crippen LogP contribution is 2.33. The smallest absolute Gasteiger partial charge is 0.411 e. The fourth-order valence-corrected chi connectivity index (χ4v) is 6.33. The molecule has 1 aromatic heterocycles. The lowest BCUT2D eigenvalue weighted by molar-refractivity contribution is -0.121. The molecule has 0 aliphatic carbocycles. The van der Waals surface area contributed by atoms with Crippen LogP contribution in [0.5, 0.6) is 0 Å². The maximum atomic E-state index is 15.8. The SMILES string of the molecule is CN(C(=O)OC(C)(C)C)C(C(=O)Nc1cncc(F)c1C#CC1CN(C(=O)OC(C)(C)C)CCN1C(=O)OCc1ccccc1)C(c1ccc(F)cc1)c1ccc(F)cc1. The Labute approximate surface area is 347 Å². The Hall–Kier alpha value is -6.56. The summed E-state index contributed by atoms with van der Waals surface area (Å²) in [6.45, 7) is 10.1. The van der Waals surface area contributed by atoms with Crippen molar-refractivity contribution in [1.82, 2.24) is 19.7 Å².